The first kappa shape index (κ1) is 13.0. The van der Waals surface area contributed by atoms with E-state index in [4.69, 9.17) is 16.6 Å². The van der Waals surface area contributed by atoms with Crippen LogP contribution in [0.5, 0.6) is 0 Å². The van der Waals surface area contributed by atoms with E-state index < -0.39 is 11.8 Å². The SMILES string of the molecule is O=C1NC(=S)N(C2CC2)C(=O)C1C=NCc1ccco1. The molecule has 1 aromatic heterocycles. The molecule has 1 atom stereocenters. The van der Waals surface area contributed by atoms with Gasteiger partial charge in [0.15, 0.2) is 11.0 Å². The number of nitrogens with one attached hydrogen (secondary N) is 1. The van der Waals surface area contributed by atoms with Crippen molar-refractivity contribution < 1.29 is 14.0 Å². The smallest absolute Gasteiger partial charge is 0.247 e. The van der Waals surface area contributed by atoms with Gasteiger partial charge in [-0.05, 0) is 37.2 Å². The van der Waals surface area contributed by atoms with E-state index in [1.54, 1.807) is 18.4 Å². The van der Waals surface area contributed by atoms with Gasteiger partial charge >= 0.3 is 0 Å². The fourth-order valence-electron chi connectivity index (χ4n) is 2.07. The van der Waals surface area contributed by atoms with Gasteiger partial charge in [-0.2, -0.15) is 0 Å². The van der Waals surface area contributed by atoms with E-state index >= 15 is 0 Å². The van der Waals surface area contributed by atoms with Crippen molar-refractivity contribution in [2.45, 2.75) is 25.4 Å². The fourth-order valence-corrected chi connectivity index (χ4v) is 2.41. The lowest BCUT2D eigenvalue weighted by atomic mass is 10.1. The average Bonchev–Trinajstić information content (AvgIpc) is 3.09. The lowest BCUT2D eigenvalue weighted by molar-refractivity contribution is -0.138. The molecule has 3 rings (SSSR count). The summed E-state index contributed by atoms with van der Waals surface area (Å²) in [6.45, 7) is 0.304. The molecule has 0 spiro atoms. The van der Waals surface area contributed by atoms with E-state index in [2.05, 4.69) is 10.3 Å². The summed E-state index contributed by atoms with van der Waals surface area (Å²) < 4.78 is 5.13. The highest BCUT2D eigenvalue weighted by molar-refractivity contribution is 7.80. The van der Waals surface area contributed by atoms with E-state index in [9.17, 15) is 9.59 Å². The molecule has 1 aliphatic carbocycles. The van der Waals surface area contributed by atoms with Gasteiger partial charge < -0.3 is 9.73 Å². The molecule has 1 aromatic rings. The zero-order valence-corrected chi connectivity index (χ0v) is 11.4. The van der Waals surface area contributed by atoms with Crippen LogP contribution in [0.25, 0.3) is 0 Å². The van der Waals surface area contributed by atoms with Crippen molar-refractivity contribution >= 4 is 35.4 Å². The molecule has 1 saturated heterocycles. The second-order valence-electron chi connectivity index (χ2n) is 4.78. The maximum absolute atomic E-state index is 12.3. The van der Waals surface area contributed by atoms with Crippen molar-refractivity contribution in [2.24, 2.45) is 10.9 Å². The van der Waals surface area contributed by atoms with Crippen molar-refractivity contribution in [1.82, 2.24) is 10.2 Å². The van der Waals surface area contributed by atoms with Crippen LogP contribution in [0.3, 0.4) is 0 Å². The van der Waals surface area contributed by atoms with Gasteiger partial charge in [0.1, 0.15) is 5.76 Å². The molecule has 1 saturated carbocycles. The summed E-state index contributed by atoms with van der Waals surface area (Å²) in [5, 5.41) is 2.76. The Morgan fingerprint density at radius 1 is 1.50 bits per heavy atom. The molecule has 2 heterocycles. The summed E-state index contributed by atoms with van der Waals surface area (Å²) in [6, 6.07) is 3.68. The van der Waals surface area contributed by atoms with Crippen LogP contribution in [-0.4, -0.2) is 34.1 Å². The van der Waals surface area contributed by atoms with E-state index in [1.807, 2.05) is 0 Å². The minimum atomic E-state index is -0.905. The second-order valence-corrected chi connectivity index (χ2v) is 5.17. The Hall–Kier alpha value is -2.02. The quantitative estimate of drug-likeness (QED) is 0.507. The Morgan fingerprint density at radius 2 is 2.30 bits per heavy atom. The molecular weight excluding hydrogens is 278 g/mol. The molecule has 1 unspecified atom stereocenters. The van der Waals surface area contributed by atoms with Crippen LogP contribution in [-0.2, 0) is 16.1 Å². The van der Waals surface area contributed by atoms with E-state index in [-0.39, 0.29) is 17.1 Å². The molecular formula is C13H13N3O3S. The predicted molar refractivity (Wildman–Crippen MR) is 75.0 cm³/mol. The topological polar surface area (TPSA) is 74.9 Å². The normalized spacial score (nSPS) is 23.5. The van der Waals surface area contributed by atoms with Gasteiger partial charge in [0.2, 0.25) is 11.8 Å². The number of aliphatic imine (C=N–C) groups is 1. The molecule has 0 bridgehead atoms. The molecule has 2 fully saturated rings. The number of carbonyl (C=O) groups excluding carboxylic acids is 2. The summed E-state index contributed by atoms with van der Waals surface area (Å²) in [5.74, 6) is -0.929. The Labute approximate surface area is 120 Å². The Morgan fingerprint density at radius 3 is 2.95 bits per heavy atom. The lowest BCUT2D eigenvalue weighted by Gasteiger charge is -2.30. The molecule has 0 radical (unpaired) electrons. The van der Waals surface area contributed by atoms with Gasteiger partial charge in [-0.25, -0.2) is 0 Å². The summed E-state index contributed by atoms with van der Waals surface area (Å²) in [6.07, 6.45) is 4.78. The molecule has 0 aromatic carbocycles. The van der Waals surface area contributed by atoms with Crippen LogP contribution >= 0.6 is 12.2 Å². The van der Waals surface area contributed by atoms with Gasteiger partial charge in [-0.3, -0.25) is 19.5 Å². The standard InChI is InChI=1S/C13H13N3O3S/c17-11-10(7-14-6-9-2-1-5-19-9)12(18)16(8-3-4-8)13(20)15-11/h1-2,5,7-8,10H,3-4,6H2,(H,15,17,20). The van der Waals surface area contributed by atoms with Crippen LogP contribution in [0.1, 0.15) is 18.6 Å². The summed E-state index contributed by atoms with van der Waals surface area (Å²) in [5.41, 5.74) is 0. The van der Waals surface area contributed by atoms with Gasteiger partial charge in [0.05, 0.1) is 12.8 Å². The highest BCUT2D eigenvalue weighted by atomic mass is 32.1. The number of carbonyl (C=O) groups is 2. The molecule has 20 heavy (non-hydrogen) atoms. The first-order valence-electron chi connectivity index (χ1n) is 6.37. The Balaban J connectivity index is 1.70. The van der Waals surface area contributed by atoms with Crippen molar-refractivity contribution in [3.05, 3.63) is 24.2 Å². The fraction of sp³-hybridized carbons (Fsp3) is 0.385. The Bertz CT molecular complexity index is 578. The van der Waals surface area contributed by atoms with Gasteiger partial charge in [-0.15, -0.1) is 0 Å². The van der Waals surface area contributed by atoms with Crippen LogP contribution in [0.15, 0.2) is 27.8 Å². The highest BCUT2D eigenvalue weighted by Gasteiger charge is 2.44. The maximum Gasteiger partial charge on any atom is 0.247 e. The number of amides is 2. The van der Waals surface area contributed by atoms with Crippen molar-refractivity contribution in [1.29, 1.82) is 0 Å². The number of thiocarbonyl (C=S) groups is 1. The van der Waals surface area contributed by atoms with Crippen LogP contribution in [0.2, 0.25) is 0 Å². The molecule has 104 valence electrons. The molecule has 1 N–H and O–H groups in total. The number of furan rings is 1. The first-order valence-corrected chi connectivity index (χ1v) is 6.78. The third kappa shape index (κ3) is 2.49. The Kier molecular flexibility index (Phi) is 3.35. The third-order valence-corrected chi connectivity index (χ3v) is 3.53. The monoisotopic (exact) mass is 291 g/mol. The molecule has 2 aliphatic rings. The number of hydrogen-bond donors (Lipinski definition) is 1. The highest BCUT2D eigenvalue weighted by Crippen LogP contribution is 2.29. The van der Waals surface area contributed by atoms with Crippen LogP contribution in [0, 0.1) is 5.92 Å². The predicted octanol–water partition coefficient (Wildman–Crippen LogP) is 0.872. The molecule has 1 aliphatic heterocycles. The number of nitrogens with zero attached hydrogens (tertiary/aromatic N) is 2. The van der Waals surface area contributed by atoms with Crippen LogP contribution < -0.4 is 5.32 Å². The largest absolute Gasteiger partial charge is 0.467 e. The zero-order chi connectivity index (χ0) is 14.1. The van der Waals surface area contributed by atoms with E-state index in [0.717, 1.165) is 12.8 Å². The van der Waals surface area contributed by atoms with E-state index in [1.165, 1.54) is 11.1 Å². The van der Waals surface area contributed by atoms with Crippen molar-refractivity contribution in [2.75, 3.05) is 0 Å². The molecule has 6 nitrogen and oxygen atoms in total. The zero-order valence-electron chi connectivity index (χ0n) is 10.6. The minimum absolute atomic E-state index is 0.136. The van der Waals surface area contributed by atoms with Gasteiger partial charge in [0, 0.05) is 12.3 Å². The molecule has 7 heteroatoms. The number of rotatable bonds is 4. The van der Waals surface area contributed by atoms with Crippen LogP contribution in [0.4, 0.5) is 0 Å². The second kappa shape index (κ2) is 5.16. The van der Waals surface area contributed by atoms with E-state index in [0.29, 0.717) is 12.3 Å². The minimum Gasteiger partial charge on any atom is -0.467 e. The third-order valence-electron chi connectivity index (χ3n) is 3.23. The van der Waals surface area contributed by atoms with Crippen molar-refractivity contribution in [3.8, 4) is 0 Å². The average molecular weight is 291 g/mol. The first-order chi connectivity index (χ1) is 9.66. The maximum atomic E-state index is 12.3. The number of hydrogen-bond acceptors (Lipinski definition) is 5. The van der Waals surface area contributed by atoms with Gasteiger partial charge in [0.25, 0.3) is 0 Å². The van der Waals surface area contributed by atoms with Crippen molar-refractivity contribution in [3.63, 3.8) is 0 Å². The summed E-state index contributed by atoms with van der Waals surface area (Å²) in [4.78, 5) is 29.7. The summed E-state index contributed by atoms with van der Waals surface area (Å²) >= 11 is 5.04. The lowest BCUT2D eigenvalue weighted by Crippen LogP contribution is -2.58. The van der Waals surface area contributed by atoms with Gasteiger partial charge in [-0.1, -0.05) is 0 Å². The summed E-state index contributed by atoms with van der Waals surface area (Å²) in [7, 11) is 0. The molecule has 2 amide bonds.